The predicted molar refractivity (Wildman–Crippen MR) is 90.6 cm³/mol. The molecular weight excluding hydrogens is 312 g/mol. The minimum Gasteiger partial charge on any atom is -0.156 e. The molecule has 1 aromatic rings. The molecule has 1 atom stereocenters. The number of hydrogen-bond acceptors (Lipinski definition) is 1. The SMILES string of the molecule is CC.Cc1cc(C2=C[N+]3(CC3(C)C)N=C2)cc(C)c1Br. The molecule has 0 amide bonds. The molecule has 1 aromatic carbocycles. The van der Waals surface area contributed by atoms with Crippen LogP contribution in [0.2, 0.25) is 0 Å². The van der Waals surface area contributed by atoms with Crippen LogP contribution in [0.3, 0.4) is 0 Å². The fraction of sp³-hybridized carbons (Fsp3) is 0.471. The summed E-state index contributed by atoms with van der Waals surface area (Å²) in [5, 5.41) is 4.68. The van der Waals surface area contributed by atoms with Crippen molar-refractivity contribution in [2.24, 2.45) is 5.10 Å². The Bertz CT molecular complexity index is 576. The third-order valence-electron chi connectivity index (χ3n) is 4.10. The highest BCUT2D eigenvalue weighted by atomic mass is 79.9. The van der Waals surface area contributed by atoms with Gasteiger partial charge in [0.1, 0.15) is 6.20 Å². The lowest BCUT2D eigenvalue weighted by atomic mass is 10.0. The van der Waals surface area contributed by atoms with Crippen molar-refractivity contribution in [3.63, 3.8) is 0 Å². The van der Waals surface area contributed by atoms with E-state index in [4.69, 9.17) is 0 Å². The van der Waals surface area contributed by atoms with Crippen LogP contribution >= 0.6 is 15.9 Å². The second-order valence-corrected chi connectivity index (χ2v) is 6.84. The summed E-state index contributed by atoms with van der Waals surface area (Å²) in [6, 6.07) is 4.46. The van der Waals surface area contributed by atoms with Crippen molar-refractivity contribution in [1.82, 2.24) is 0 Å². The zero-order chi connectivity index (χ0) is 15.1. The Balaban J connectivity index is 0.000000704. The lowest BCUT2D eigenvalue weighted by Crippen LogP contribution is -2.17. The molecule has 0 radical (unpaired) electrons. The molecule has 1 saturated heterocycles. The van der Waals surface area contributed by atoms with E-state index in [0.717, 1.165) is 11.1 Å². The van der Waals surface area contributed by atoms with Gasteiger partial charge in [0.05, 0.1) is 11.8 Å². The van der Waals surface area contributed by atoms with Gasteiger partial charge in [-0.3, -0.25) is 0 Å². The zero-order valence-electron chi connectivity index (χ0n) is 13.3. The molecule has 1 unspecified atom stereocenters. The maximum atomic E-state index is 4.68. The van der Waals surface area contributed by atoms with Crippen molar-refractivity contribution in [2.45, 2.75) is 47.1 Å². The highest BCUT2D eigenvalue weighted by Gasteiger charge is 2.65. The van der Waals surface area contributed by atoms with Gasteiger partial charge < -0.3 is 0 Å². The van der Waals surface area contributed by atoms with E-state index in [1.807, 2.05) is 20.1 Å². The molecule has 108 valence electrons. The van der Waals surface area contributed by atoms with E-state index in [1.165, 1.54) is 26.7 Å². The van der Waals surface area contributed by atoms with Crippen molar-refractivity contribution < 1.29 is 4.59 Å². The van der Waals surface area contributed by atoms with Crippen molar-refractivity contribution in [3.05, 3.63) is 39.5 Å². The van der Waals surface area contributed by atoms with Gasteiger partial charge in [0.25, 0.3) is 0 Å². The number of quaternary nitrogens is 1. The molecule has 3 rings (SSSR count). The average molecular weight is 336 g/mol. The second-order valence-electron chi connectivity index (χ2n) is 6.05. The van der Waals surface area contributed by atoms with Crippen LogP contribution in [0, 0.1) is 13.8 Å². The van der Waals surface area contributed by atoms with Crippen LogP contribution in [0.4, 0.5) is 0 Å². The van der Waals surface area contributed by atoms with Gasteiger partial charge in [-0.2, -0.15) is 4.59 Å². The van der Waals surface area contributed by atoms with Crippen LogP contribution in [0.1, 0.15) is 44.4 Å². The summed E-state index contributed by atoms with van der Waals surface area (Å²) >= 11 is 3.62. The smallest absolute Gasteiger partial charge is 0.156 e. The fourth-order valence-corrected chi connectivity index (χ4v) is 2.92. The molecule has 2 aliphatic heterocycles. The first-order valence-corrected chi connectivity index (χ1v) is 8.07. The van der Waals surface area contributed by atoms with Crippen LogP contribution in [0.5, 0.6) is 0 Å². The van der Waals surface area contributed by atoms with Crippen molar-refractivity contribution in [2.75, 3.05) is 6.54 Å². The summed E-state index contributed by atoms with van der Waals surface area (Å²) in [5.74, 6) is 0. The average Bonchev–Trinajstić information content (AvgIpc) is 2.76. The molecule has 0 saturated carbocycles. The van der Waals surface area contributed by atoms with Crippen LogP contribution in [-0.4, -0.2) is 22.9 Å². The Morgan fingerprint density at radius 3 is 2.05 bits per heavy atom. The Hall–Kier alpha value is -0.930. The van der Waals surface area contributed by atoms with Gasteiger partial charge in [-0.1, -0.05) is 47.0 Å². The van der Waals surface area contributed by atoms with Crippen LogP contribution in [0.15, 0.2) is 27.9 Å². The normalized spacial score (nSPS) is 25.2. The summed E-state index contributed by atoms with van der Waals surface area (Å²) in [6.45, 7) is 13.9. The van der Waals surface area contributed by atoms with Gasteiger partial charge in [0.15, 0.2) is 12.1 Å². The van der Waals surface area contributed by atoms with Gasteiger partial charge in [-0.25, -0.2) is 0 Å². The lowest BCUT2D eigenvalue weighted by Gasteiger charge is -2.07. The van der Waals surface area contributed by atoms with E-state index < -0.39 is 0 Å². The molecule has 1 fully saturated rings. The summed E-state index contributed by atoms with van der Waals surface area (Å²) in [5.41, 5.74) is 5.36. The Kier molecular flexibility index (Phi) is 3.96. The fourth-order valence-electron chi connectivity index (χ4n) is 2.70. The van der Waals surface area contributed by atoms with Gasteiger partial charge in [0, 0.05) is 4.47 Å². The van der Waals surface area contributed by atoms with Crippen molar-refractivity contribution >= 4 is 27.7 Å². The first-order valence-electron chi connectivity index (χ1n) is 7.28. The first-order chi connectivity index (χ1) is 9.35. The topological polar surface area (TPSA) is 12.4 Å². The number of aryl methyl sites for hydroxylation is 2. The van der Waals surface area contributed by atoms with Gasteiger partial charge in [0.2, 0.25) is 0 Å². The molecule has 0 aromatic heterocycles. The molecule has 20 heavy (non-hydrogen) atoms. The number of rotatable bonds is 1. The summed E-state index contributed by atoms with van der Waals surface area (Å²) in [7, 11) is 0. The predicted octanol–water partition coefficient (Wildman–Crippen LogP) is 5.04. The summed E-state index contributed by atoms with van der Waals surface area (Å²) < 4.78 is 1.98. The van der Waals surface area contributed by atoms with Crippen molar-refractivity contribution in [3.8, 4) is 0 Å². The van der Waals surface area contributed by atoms with Gasteiger partial charge in [-0.05, 0) is 44.4 Å². The van der Waals surface area contributed by atoms with E-state index in [1.54, 1.807) is 0 Å². The van der Waals surface area contributed by atoms with E-state index >= 15 is 0 Å². The quantitative estimate of drug-likeness (QED) is 0.503. The van der Waals surface area contributed by atoms with Gasteiger partial charge in [-0.15, -0.1) is 0 Å². The molecule has 2 heterocycles. The molecule has 0 aliphatic carbocycles. The van der Waals surface area contributed by atoms with Crippen LogP contribution < -0.4 is 0 Å². The Labute approximate surface area is 130 Å². The van der Waals surface area contributed by atoms with Crippen LogP contribution in [0.25, 0.3) is 5.57 Å². The molecule has 3 heteroatoms. The summed E-state index contributed by atoms with van der Waals surface area (Å²) in [4.78, 5) is 0. The largest absolute Gasteiger partial charge is 0.174 e. The summed E-state index contributed by atoms with van der Waals surface area (Å²) in [6.07, 6.45) is 4.32. The van der Waals surface area contributed by atoms with E-state index in [0.29, 0.717) is 0 Å². The van der Waals surface area contributed by atoms with Gasteiger partial charge >= 0.3 is 0 Å². The molecule has 2 aliphatic rings. The maximum Gasteiger partial charge on any atom is 0.174 e. The monoisotopic (exact) mass is 335 g/mol. The third-order valence-corrected chi connectivity index (χ3v) is 5.35. The molecule has 2 nitrogen and oxygen atoms in total. The Morgan fingerprint density at radius 1 is 1.15 bits per heavy atom. The first kappa shape index (κ1) is 15.5. The molecule has 1 spiro atoms. The standard InChI is InChI=1S/C15H18BrN2.C2H6/c1-10-5-12(6-11(2)14(10)16)13-7-17-18(8-13)9-15(18,3)4;1-2/h5-8H,9H2,1-4H3;1-2H3/q+1;. The van der Waals surface area contributed by atoms with E-state index in [2.05, 4.69) is 67.1 Å². The minimum absolute atomic E-state index is 0.275. The van der Waals surface area contributed by atoms with Crippen LogP contribution in [-0.2, 0) is 0 Å². The zero-order valence-corrected chi connectivity index (χ0v) is 14.9. The number of hydrogen-bond donors (Lipinski definition) is 0. The number of benzene rings is 1. The number of nitrogens with zero attached hydrogens (tertiary/aromatic N) is 2. The highest BCUT2D eigenvalue weighted by molar-refractivity contribution is 9.10. The molecular formula is C17H24BrN2+. The number of halogens is 1. The van der Waals surface area contributed by atoms with E-state index in [9.17, 15) is 0 Å². The highest BCUT2D eigenvalue weighted by Crippen LogP contribution is 2.47. The lowest BCUT2D eigenvalue weighted by molar-refractivity contribution is -0.776. The second kappa shape index (κ2) is 5.12. The molecule has 0 N–H and O–H groups in total. The Morgan fingerprint density at radius 2 is 1.65 bits per heavy atom. The minimum atomic E-state index is 0.275. The third kappa shape index (κ3) is 2.38. The molecule has 0 bridgehead atoms. The van der Waals surface area contributed by atoms with E-state index in [-0.39, 0.29) is 5.54 Å². The van der Waals surface area contributed by atoms with Crippen molar-refractivity contribution in [1.29, 1.82) is 0 Å². The maximum absolute atomic E-state index is 4.68. The number of allylic oxidation sites excluding steroid dienone is 1.